The smallest absolute Gasteiger partial charge is 0.198 e. The van der Waals surface area contributed by atoms with Crippen molar-refractivity contribution in [1.82, 2.24) is 0 Å². The minimum absolute atomic E-state index is 0.320. The third kappa shape index (κ3) is 3.47. The van der Waals surface area contributed by atoms with E-state index in [4.69, 9.17) is 0 Å². The highest BCUT2D eigenvalue weighted by atomic mass is 32.2. The van der Waals surface area contributed by atoms with Gasteiger partial charge in [-0.15, -0.1) is 0 Å². The van der Waals surface area contributed by atoms with Gasteiger partial charge in [-0.2, -0.15) is 0 Å². The SMILES string of the molecule is CC1(C)C=C(S(=O)(=O)C2=CC(C)(C)C(O)C(C)(C)C2)CC(C)(C)C1O. The van der Waals surface area contributed by atoms with Crippen LogP contribution in [0.2, 0.25) is 0 Å². The normalized spacial score (nSPS) is 33.4. The van der Waals surface area contributed by atoms with Gasteiger partial charge in [0.05, 0.1) is 12.2 Å². The first-order valence-electron chi connectivity index (χ1n) is 8.98. The zero-order chi connectivity index (χ0) is 19.6. The molecule has 0 saturated heterocycles. The Bertz CT molecular complexity index is 665. The van der Waals surface area contributed by atoms with Gasteiger partial charge in [-0.05, 0) is 23.7 Å². The first-order valence-corrected chi connectivity index (χ1v) is 10.5. The molecule has 2 aliphatic carbocycles. The quantitative estimate of drug-likeness (QED) is 0.775. The van der Waals surface area contributed by atoms with Crippen LogP contribution in [0.3, 0.4) is 0 Å². The maximum Gasteiger partial charge on any atom is 0.198 e. The molecule has 2 aliphatic rings. The summed E-state index contributed by atoms with van der Waals surface area (Å²) in [6.45, 7) is 15.1. The van der Waals surface area contributed by atoms with Crippen molar-refractivity contribution in [2.45, 2.75) is 80.4 Å². The lowest BCUT2D eigenvalue weighted by Gasteiger charge is -2.46. The van der Waals surface area contributed by atoms with Crippen LogP contribution in [0.25, 0.3) is 0 Å². The summed E-state index contributed by atoms with van der Waals surface area (Å²) in [4.78, 5) is 0.782. The van der Waals surface area contributed by atoms with E-state index in [1.54, 1.807) is 12.2 Å². The minimum atomic E-state index is -3.62. The van der Waals surface area contributed by atoms with E-state index in [0.29, 0.717) is 22.7 Å². The Kier molecular flexibility index (Phi) is 4.69. The van der Waals surface area contributed by atoms with Crippen LogP contribution in [0.4, 0.5) is 0 Å². The molecule has 2 atom stereocenters. The number of rotatable bonds is 2. The fourth-order valence-electron chi connectivity index (χ4n) is 4.71. The van der Waals surface area contributed by atoms with Gasteiger partial charge in [-0.1, -0.05) is 67.5 Å². The van der Waals surface area contributed by atoms with Gasteiger partial charge in [0.25, 0.3) is 0 Å². The number of aliphatic hydroxyl groups is 2. The van der Waals surface area contributed by atoms with Crippen molar-refractivity contribution in [2.24, 2.45) is 21.7 Å². The van der Waals surface area contributed by atoms with Crippen LogP contribution >= 0.6 is 0 Å². The summed E-state index contributed by atoms with van der Waals surface area (Å²) in [6, 6.07) is 0. The topological polar surface area (TPSA) is 74.6 Å². The van der Waals surface area contributed by atoms with E-state index in [1.165, 1.54) is 0 Å². The average Bonchev–Trinajstić information content (AvgIpc) is 2.40. The van der Waals surface area contributed by atoms with Crippen molar-refractivity contribution < 1.29 is 18.6 Å². The highest BCUT2D eigenvalue weighted by molar-refractivity contribution is 7.98. The Morgan fingerprint density at radius 2 is 1.04 bits per heavy atom. The van der Waals surface area contributed by atoms with Crippen molar-refractivity contribution in [1.29, 1.82) is 0 Å². The number of allylic oxidation sites excluding steroid dienone is 2. The Balaban J connectivity index is 2.56. The van der Waals surface area contributed by atoms with Crippen LogP contribution in [-0.2, 0) is 9.84 Å². The molecule has 0 heterocycles. The van der Waals surface area contributed by atoms with Crippen molar-refractivity contribution in [3.05, 3.63) is 22.0 Å². The van der Waals surface area contributed by atoms with Gasteiger partial charge in [-0.3, -0.25) is 0 Å². The molecule has 25 heavy (non-hydrogen) atoms. The lowest BCUT2D eigenvalue weighted by atomic mass is 9.66. The maximum atomic E-state index is 13.4. The van der Waals surface area contributed by atoms with Gasteiger partial charge in [0.2, 0.25) is 0 Å². The molecule has 2 N–H and O–H groups in total. The second-order valence-corrected chi connectivity index (χ2v) is 12.6. The molecular formula is C20H34O4S. The molecule has 4 nitrogen and oxygen atoms in total. The Labute approximate surface area is 152 Å². The number of hydrogen-bond acceptors (Lipinski definition) is 4. The molecule has 2 rings (SSSR count). The van der Waals surface area contributed by atoms with E-state index in [2.05, 4.69) is 0 Å². The fourth-order valence-corrected chi connectivity index (χ4v) is 7.09. The minimum Gasteiger partial charge on any atom is -0.392 e. The molecule has 0 aromatic carbocycles. The number of hydrogen-bond donors (Lipinski definition) is 2. The Morgan fingerprint density at radius 1 is 0.760 bits per heavy atom. The number of aliphatic hydroxyl groups excluding tert-OH is 2. The van der Waals surface area contributed by atoms with Crippen molar-refractivity contribution in [3.8, 4) is 0 Å². The van der Waals surface area contributed by atoms with Crippen LogP contribution in [-0.4, -0.2) is 30.8 Å². The molecule has 144 valence electrons. The van der Waals surface area contributed by atoms with Crippen LogP contribution in [0, 0.1) is 21.7 Å². The van der Waals surface area contributed by atoms with Crippen LogP contribution < -0.4 is 0 Å². The van der Waals surface area contributed by atoms with Crippen LogP contribution in [0.5, 0.6) is 0 Å². The molecule has 0 saturated carbocycles. The highest BCUT2D eigenvalue weighted by Gasteiger charge is 2.49. The summed E-state index contributed by atoms with van der Waals surface area (Å²) in [7, 11) is -3.62. The van der Waals surface area contributed by atoms with E-state index in [9.17, 15) is 18.6 Å². The standard InChI is InChI=1S/C20H34O4S/c1-17(2)9-13(10-18(3,4)15(17)21)25(23,24)14-11-19(5,6)16(22)20(7,8)12-14/h9,11,15-16,21-22H,10,12H2,1-8H3. The third-order valence-electron chi connectivity index (χ3n) is 5.91. The predicted molar refractivity (Wildman–Crippen MR) is 101 cm³/mol. The molecule has 0 bridgehead atoms. The van der Waals surface area contributed by atoms with Crippen molar-refractivity contribution in [3.63, 3.8) is 0 Å². The second kappa shape index (κ2) is 5.67. The van der Waals surface area contributed by atoms with Crippen molar-refractivity contribution >= 4 is 9.84 Å². The van der Waals surface area contributed by atoms with E-state index in [0.717, 1.165) is 0 Å². The molecule has 0 amide bonds. The summed E-state index contributed by atoms with van der Waals surface area (Å²) in [5.41, 5.74) is -2.24. The van der Waals surface area contributed by atoms with E-state index in [1.807, 2.05) is 55.4 Å². The Morgan fingerprint density at radius 3 is 1.28 bits per heavy atom. The first kappa shape index (κ1) is 20.7. The van der Waals surface area contributed by atoms with E-state index in [-0.39, 0.29) is 0 Å². The largest absolute Gasteiger partial charge is 0.392 e. The zero-order valence-electron chi connectivity index (χ0n) is 16.8. The van der Waals surface area contributed by atoms with Gasteiger partial charge in [0, 0.05) is 20.6 Å². The molecule has 0 aromatic rings. The summed E-state index contributed by atoms with van der Waals surface area (Å²) < 4.78 is 26.8. The van der Waals surface area contributed by atoms with Crippen molar-refractivity contribution in [2.75, 3.05) is 0 Å². The lowest BCUT2D eigenvalue weighted by Crippen LogP contribution is -2.46. The van der Waals surface area contributed by atoms with Gasteiger partial charge < -0.3 is 10.2 Å². The second-order valence-electron chi connectivity index (χ2n) is 10.5. The fraction of sp³-hybridized carbons (Fsp3) is 0.800. The highest BCUT2D eigenvalue weighted by Crippen LogP contribution is 2.51. The van der Waals surface area contributed by atoms with Gasteiger partial charge in [0.1, 0.15) is 0 Å². The summed E-state index contributed by atoms with van der Waals surface area (Å²) in [6.07, 6.45) is 2.89. The van der Waals surface area contributed by atoms with Gasteiger partial charge in [0.15, 0.2) is 9.84 Å². The monoisotopic (exact) mass is 370 g/mol. The average molecular weight is 371 g/mol. The molecule has 5 heteroatoms. The molecule has 0 spiro atoms. The van der Waals surface area contributed by atoms with Gasteiger partial charge in [-0.25, -0.2) is 8.42 Å². The summed E-state index contributed by atoms with van der Waals surface area (Å²) in [5.74, 6) is 0. The van der Waals surface area contributed by atoms with Crippen LogP contribution in [0.1, 0.15) is 68.2 Å². The molecule has 0 aliphatic heterocycles. The maximum absolute atomic E-state index is 13.4. The summed E-state index contributed by atoms with van der Waals surface area (Å²) in [5, 5.41) is 21.1. The Hall–Kier alpha value is -0.650. The molecule has 2 unspecified atom stereocenters. The molecular weight excluding hydrogens is 336 g/mol. The van der Waals surface area contributed by atoms with Crippen LogP contribution in [0.15, 0.2) is 22.0 Å². The first-order chi connectivity index (χ1) is 10.9. The van der Waals surface area contributed by atoms with E-state index >= 15 is 0 Å². The summed E-state index contributed by atoms with van der Waals surface area (Å²) >= 11 is 0. The van der Waals surface area contributed by atoms with Gasteiger partial charge >= 0.3 is 0 Å². The number of sulfone groups is 1. The predicted octanol–water partition coefficient (Wildman–Crippen LogP) is 3.80. The lowest BCUT2D eigenvalue weighted by molar-refractivity contribution is -0.0271. The molecule has 0 fully saturated rings. The molecule has 0 aromatic heterocycles. The third-order valence-corrected chi connectivity index (χ3v) is 7.81. The van der Waals surface area contributed by atoms with E-state index < -0.39 is 43.7 Å². The molecule has 0 radical (unpaired) electrons. The zero-order valence-corrected chi connectivity index (χ0v) is 17.7.